The van der Waals surface area contributed by atoms with Crippen LogP contribution in [0.4, 0.5) is 19.1 Å². The van der Waals surface area contributed by atoms with Gasteiger partial charge in [0.1, 0.15) is 5.69 Å². The Kier molecular flexibility index (Phi) is 6.46. The minimum Gasteiger partial charge on any atom is -0.366 e. The van der Waals surface area contributed by atoms with Crippen LogP contribution in [0.15, 0.2) is 43.0 Å². The fourth-order valence-electron chi connectivity index (χ4n) is 3.73. The molecule has 1 amide bonds. The van der Waals surface area contributed by atoms with E-state index in [1.165, 1.54) is 16.8 Å². The minimum absolute atomic E-state index is 0.0307. The first-order chi connectivity index (χ1) is 16.6. The Morgan fingerprint density at radius 3 is 2.54 bits per heavy atom. The van der Waals surface area contributed by atoms with E-state index in [1.807, 2.05) is 20.8 Å². The topological polar surface area (TPSA) is 116 Å². The molecule has 12 heteroatoms. The summed E-state index contributed by atoms with van der Waals surface area (Å²) in [4.78, 5) is 20.7. The molecule has 0 unspecified atom stereocenters. The summed E-state index contributed by atoms with van der Waals surface area (Å²) >= 11 is 0. The lowest BCUT2D eigenvalue weighted by Gasteiger charge is -2.16. The summed E-state index contributed by atoms with van der Waals surface area (Å²) in [5.41, 5.74) is 7.43. The standard InChI is InChI=1S/C23H25F3N8O/c1-4-13(3)30-21(35)17-8-15(11-34-20(17)31-22(27)32-34)16-10-29-33(12-16)18(5-2)14-6-7-19(28-9-14)23(24,25)26/h6-13,18H,4-5H2,1-3H3,(H2,27,32)(H,30,35)/t13-,18-/m0/s1. The van der Waals surface area contributed by atoms with Gasteiger partial charge in [0, 0.05) is 35.8 Å². The first-order valence-electron chi connectivity index (χ1n) is 11.1. The summed E-state index contributed by atoms with van der Waals surface area (Å²) in [6.45, 7) is 5.78. The van der Waals surface area contributed by atoms with Crippen LogP contribution < -0.4 is 11.1 Å². The van der Waals surface area contributed by atoms with Crippen molar-refractivity contribution in [2.24, 2.45) is 0 Å². The number of alkyl halides is 3. The number of nitrogen functional groups attached to an aromatic ring is 1. The van der Waals surface area contributed by atoms with Gasteiger partial charge in [-0.15, -0.1) is 5.10 Å². The highest BCUT2D eigenvalue weighted by Gasteiger charge is 2.32. The van der Waals surface area contributed by atoms with Crippen LogP contribution in [0.5, 0.6) is 0 Å². The first kappa shape index (κ1) is 24.2. The Morgan fingerprint density at radius 2 is 1.91 bits per heavy atom. The number of nitrogens with zero attached hydrogens (tertiary/aromatic N) is 6. The van der Waals surface area contributed by atoms with E-state index in [-0.39, 0.29) is 23.9 Å². The Balaban J connectivity index is 1.69. The summed E-state index contributed by atoms with van der Waals surface area (Å²) in [5, 5.41) is 11.5. The number of rotatable bonds is 7. The lowest BCUT2D eigenvalue weighted by molar-refractivity contribution is -0.141. The second-order valence-corrected chi connectivity index (χ2v) is 8.27. The van der Waals surface area contributed by atoms with E-state index in [1.54, 1.807) is 29.3 Å². The predicted molar refractivity (Wildman–Crippen MR) is 124 cm³/mol. The van der Waals surface area contributed by atoms with Crippen LogP contribution in [-0.4, -0.2) is 41.3 Å². The zero-order valence-corrected chi connectivity index (χ0v) is 19.4. The summed E-state index contributed by atoms with van der Waals surface area (Å²) in [6.07, 6.45) is 3.15. The molecular formula is C23H25F3N8O. The van der Waals surface area contributed by atoms with Crippen molar-refractivity contribution < 1.29 is 18.0 Å². The molecule has 0 radical (unpaired) electrons. The van der Waals surface area contributed by atoms with E-state index in [4.69, 9.17) is 5.73 Å². The highest BCUT2D eigenvalue weighted by atomic mass is 19.4. The SMILES string of the molecule is CC[C@H](C)NC(=O)c1cc(-c2cnn([C@@H](CC)c3ccc(C(F)(F)F)nc3)c2)cn2nc(N)nc12. The van der Waals surface area contributed by atoms with Crippen LogP contribution in [-0.2, 0) is 6.18 Å². The third-order valence-corrected chi connectivity index (χ3v) is 5.79. The van der Waals surface area contributed by atoms with Crippen LogP contribution in [0.2, 0.25) is 0 Å². The van der Waals surface area contributed by atoms with E-state index >= 15 is 0 Å². The molecule has 0 aliphatic rings. The molecular weight excluding hydrogens is 461 g/mol. The average Bonchev–Trinajstić information content (AvgIpc) is 3.44. The van der Waals surface area contributed by atoms with E-state index in [2.05, 4.69) is 25.5 Å². The second kappa shape index (κ2) is 9.35. The van der Waals surface area contributed by atoms with Gasteiger partial charge < -0.3 is 11.1 Å². The summed E-state index contributed by atoms with van der Waals surface area (Å²) in [5.74, 6) is -0.260. The van der Waals surface area contributed by atoms with E-state index < -0.39 is 11.9 Å². The quantitative estimate of drug-likeness (QED) is 0.406. The molecule has 0 bridgehead atoms. The van der Waals surface area contributed by atoms with Gasteiger partial charge in [-0.05, 0) is 37.5 Å². The zero-order chi connectivity index (χ0) is 25.3. The van der Waals surface area contributed by atoms with Crippen molar-refractivity contribution in [2.75, 3.05) is 5.73 Å². The predicted octanol–water partition coefficient (Wildman–Crippen LogP) is 4.12. The fourth-order valence-corrected chi connectivity index (χ4v) is 3.73. The molecule has 0 aliphatic heterocycles. The van der Waals surface area contributed by atoms with Crippen LogP contribution >= 0.6 is 0 Å². The van der Waals surface area contributed by atoms with E-state index in [9.17, 15) is 18.0 Å². The molecule has 2 atom stereocenters. The lowest BCUT2D eigenvalue weighted by Crippen LogP contribution is -2.32. The van der Waals surface area contributed by atoms with Crippen molar-refractivity contribution in [3.63, 3.8) is 0 Å². The van der Waals surface area contributed by atoms with E-state index in [0.29, 0.717) is 34.3 Å². The Bertz CT molecular complexity index is 1340. The van der Waals surface area contributed by atoms with Gasteiger partial charge in [0.2, 0.25) is 5.95 Å². The summed E-state index contributed by atoms with van der Waals surface area (Å²) in [6, 6.07) is 3.72. The van der Waals surface area contributed by atoms with Crippen molar-refractivity contribution in [1.29, 1.82) is 0 Å². The Morgan fingerprint density at radius 1 is 1.14 bits per heavy atom. The smallest absolute Gasteiger partial charge is 0.366 e. The number of aromatic nitrogens is 6. The molecule has 184 valence electrons. The number of hydrogen-bond donors (Lipinski definition) is 2. The Hall–Kier alpha value is -3.96. The minimum atomic E-state index is -4.50. The highest BCUT2D eigenvalue weighted by molar-refractivity contribution is 6.01. The van der Waals surface area contributed by atoms with Crippen molar-refractivity contribution in [3.8, 4) is 11.1 Å². The van der Waals surface area contributed by atoms with Crippen molar-refractivity contribution in [1.82, 2.24) is 34.7 Å². The zero-order valence-electron chi connectivity index (χ0n) is 19.4. The largest absolute Gasteiger partial charge is 0.433 e. The molecule has 0 aromatic carbocycles. The van der Waals surface area contributed by atoms with Crippen LogP contribution in [0.3, 0.4) is 0 Å². The van der Waals surface area contributed by atoms with Gasteiger partial charge in [-0.3, -0.25) is 14.5 Å². The van der Waals surface area contributed by atoms with Gasteiger partial charge >= 0.3 is 6.18 Å². The van der Waals surface area contributed by atoms with Gasteiger partial charge in [0.05, 0.1) is 17.8 Å². The number of carbonyl (C=O) groups excluding carboxylic acids is 1. The number of carbonyl (C=O) groups is 1. The first-order valence-corrected chi connectivity index (χ1v) is 11.1. The van der Waals surface area contributed by atoms with Crippen LogP contribution in [0, 0.1) is 0 Å². The molecule has 3 N–H and O–H groups in total. The lowest BCUT2D eigenvalue weighted by atomic mass is 10.1. The maximum absolute atomic E-state index is 12.9. The maximum Gasteiger partial charge on any atom is 0.433 e. The number of fused-ring (bicyclic) bond motifs is 1. The van der Waals surface area contributed by atoms with Crippen molar-refractivity contribution in [2.45, 2.75) is 51.9 Å². The summed E-state index contributed by atoms with van der Waals surface area (Å²) in [7, 11) is 0. The molecule has 35 heavy (non-hydrogen) atoms. The molecule has 4 rings (SSSR count). The van der Waals surface area contributed by atoms with Gasteiger partial charge in [0.15, 0.2) is 5.65 Å². The number of halogens is 3. The molecule has 4 aromatic heterocycles. The summed E-state index contributed by atoms with van der Waals surface area (Å²) < 4.78 is 41.8. The van der Waals surface area contributed by atoms with Crippen molar-refractivity contribution >= 4 is 17.5 Å². The van der Waals surface area contributed by atoms with Gasteiger partial charge in [-0.1, -0.05) is 19.9 Å². The van der Waals surface area contributed by atoms with Gasteiger partial charge in [0.25, 0.3) is 5.91 Å². The third-order valence-electron chi connectivity index (χ3n) is 5.79. The number of pyridine rings is 2. The fraction of sp³-hybridized carbons (Fsp3) is 0.348. The molecule has 0 saturated carbocycles. The van der Waals surface area contributed by atoms with E-state index in [0.717, 1.165) is 12.5 Å². The molecule has 0 spiro atoms. The third kappa shape index (κ3) is 4.96. The number of amides is 1. The molecule has 0 saturated heterocycles. The Labute approximate surface area is 199 Å². The second-order valence-electron chi connectivity index (χ2n) is 8.27. The molecule has 4 aromatic rings. The van der Waals surface area contributed by atoms with Crippen LogP contribution in [0.25, 0.3) is 16.8 Å². The number of anilines is 1. The molecule has 0 fully saturated rings. The normalized spacial score (nSPS) is 13.7. The van der Waals surface area contributed by atoms with Crippen molar-refractivity contribution in [3.05, 3.63) is 59.8 Å². The van der Waals surface area contributed by atoms with Gasteiger partial charge in [-0.2, -0.15) is 23.3 Å². The average molecular weight is 487 g/mol. The number of hydrogen-bond acceptors (Lipinski definition) is 6. The number of nitrogens with two attached hydrogens (primary N) is 1. The molecule has 0 aliphatic carbocycles. The molecule has 4 heterocycles. The van der Waals surface area contributed by atoms with Crippen LogP contribution in [0.1, 0.15) is 61.3 Å². The highest BCUT2D eigenvalue weighted by Crippen LogP contribution is 2.30. The maximum atomic E-state index is 12.9. The molecule has 9 nitrogen and oxygen atoms in total. The number of nitrogens with one attached hydrogen (secondary N) is 1. The van der Waals surface area contributed by atoms with Gasteiger partial charge in [-0.25, -0.2) is 4.52 Å². The monoisotopic (exact) mass is 486 g/mol.